The molecule has 2 aromatic rings. The summed E-state index contributed by atoms with van der Waals surface area (Å²) >= 11 is 0. The maximum atomic E-state index is 13.7. The van der Waals surface area contributed by atoms with Crippen LogP contribution in [0.25, 0.3) is 0 Å². The van der Waals surface area contributed by atoms with Gasteiger partial charge in [-0.15, -0.1) is 0 Å². The van der Waals surface area contributed by atoms with Crippen molar-refractivity contribution in [3.05, 3.63) is 59.7 Å². The fourth-order valence-corrected chi connectivity index (χ4v) is 1.62. The van der Waals surface area contributed by atoms with E-state index in [1.165, 1.54) is 12.1 Å². The molecule has 0 atom stereocenters. The molecule has 0 saturated carbocycles. The Hall–Kier alpha value is -1.94. The van der Waals surface area contributed by atoms with Crippen LogP contribution in [0, 0.1) is 11.6 Å². The third-order valence-corrected chi connectivity index (χ3v) is 2.40. The van der Waals surface area contributed by atoms with E-state index < -0.39 is 11.6 Å². The van der Waals surface area contributed by atoms with Crippen molar-refractivity contribution in [2.75, 3.05) is 7.05 Å². The van der Waals surface area contributed by atoms with Crippen molar-refractivity contribution < 1.29 is 13.5 Å². The molecule has 2 rings (SSSR count). The van der Waals surface area contributed by atoms with E-state index in [1.54, 1.807) is 37.4 Å². The van der Waals surface area contributed by atoms with Crippen LogP contribution in [0.1, 0.15) is 5.56 Å². The molecule has 2 aromatic carbocycles. The first-order valence-corrected chi connectivity index (χ1v) is 5.56. The van der Waals surface area contributed by atoms with E-state index in [0.717, 1.165) is 0 Å². The summed E-state index contributed by atoms with van der Waals surface area (Å²) in [5.74, 6) is -1.38. The number of hydrogen-bond donors (Lipinski definition) is 1. The highest BCUT2D eigenvalue weighted by Gasteiger charge is 2.13. The molecule has 0 saturated heterocycles. The van der Waals surface area contributed by atoms with E-state index >= 15 is 0 Å². The second kappa shape index (κ2) is 5.60. The third kappa shape index (κ3) is 2.84. The zero-order chi connectivity index (χ0) is 13.0. The van der Waals surface area contributed by atoms with Gasteiger partial charge in [-0.05, 0) is 36.9 Å². The lowest BCUT2D eigenvalue weighted by Crippen LogP contribution is -2.06. The summed E-state index contributed by atoms with van der Waals surface area (Å²) in [6.45, 7) is 0.402. The third-order valence-electron chi connectivity index (χ3n) is 2.40. The quantitative estimate of drug-likeness (QED) is 0.895. The molecule has 0 aliphatic heterocycles. The van der Waals surface area contributed by atoms with Crippen LogP contribution in [-0.4, -0.2) is 7.05 Å². The van der Waals surface area contributed by atoms with E-state index in [0.29, 0.717) is 17.9 Å². The van der Waals surface area contributed by atoms with Crippen LogP contribution in [0.2, 0.25) is 0 Å². The van der Waals surface area contributed by atoms with Gasteiger partial charge in [0.25, 0.3) is 0 Å². The minimum Gasteiger partial charge on any atom is -0.451 e. The highest BCUT2D eigenvalue weighted by molar-refractivity contribution is 5.35. The average Bonchev–Trinajstić information content (AvgIpc) is 2.36. The number of nitrogens with one attached hydrogen (secondary N) is 1. The van der Waals surface area contributed by atoms with Gasteiger partial charge in [0, 0.05) is 6.54 Å². The van der Waals surface area contributed by atoms with Crippen LogP contribution in [0.4, 0.5) is 8.78 Å². The number of para-hydroxylation sites is 1. The van der Waals surface area contributed by atoms with Crippen molar-refractivity contribution in [3.8, 4) is 11.5 Å². The molecule has 4 heteroatoms. The molecule has 0 heterocycles. The molecule has 18 heavy (non-hydrogen) atoms. The minimum absolute atomic E-state index is 0.374. The largest absolute Gasteiger partial charge is 0.451 e. The topological polar surface area (TPSA) is 21.3 Å². The molecule has 0 aliphatic rings. The zero-order valence-electron chi connectivity index (χ0n) is 9.91. The Bertz CT molecular complexity index is 506. The minimum atomic E-state index is -0.705. The van der Waals surface area contributed by atoms with Crippen molar-refractivity contribution >= 4 is 0 Å². The first kappa shape index (κ1) is 12.5. The molecule has 0 bridgehead atoms. The number of ether oxygens (including phenoxy) is 1. The number of halogens is 2. The lowest BCUT2D eigenvalue weighted by Gasteiger charge is -2.09. The normalized spacial score (nSPS) is 10.4. The Labute approximate surface area is 104 Å². The summed E-state index contributed by atoms with van der Waals surface area (Å²) in [4.78, 5) is 0. The van der Waals surface area contributed by atoms with E-state index in [-0.39, 0.29) is 5.75 Å². The Kier molecular flexibility index (Phi) is 3.89. The van der Waals surface area contributed by atoms with Gasteiger partial charge in [0.15, 0.2) is 17.4 Å². The van der Waals surface area contributed by atoms with E-state index in [1.807, 2.05) is 0 Å². The Balaban J connectivity index is 2.28. The van der Waals surface area contributed by atoms with Gasteiger partial charge in [-0.2, -0.15) is 0 Å². The summed E-state index contributed by atoms with van der Waals surface area (Å²) < 4.78 is 32.7. The molecule has 94 valence electrons. The number of rotatable bonds is 4. The molecule has 0 radical (unpaired) electrons. The van der Waals surface area contributed by atoms with Gasteiger partial charge in [-0.1, -0.05) is 18.2 Å². The zero-order valence-corrected chi connectivity index (χ0v) is 9.91. The smallest absolute Gasteiger partial charge is 0.198 e. The first-order valence-electron chi connectivity index (χ1n) is 5.56. The SMILES string of the molecule is CNCc1cc(F)c(Oc2ccccc2)c(F)c1. The highest BCUT2D eigenvalue weighted by atomic mass is 19.1. The summed E-state index contributed by atoms with van der Waals surface area (Å²) in [6, 6.07) is 11.1. The molecule has 0 amide bonds. The molecule has 1 N–H and O–H groups in total. The maximum absolute atomic E-state index is 13.7. The van der Waals surface area contributed by atoms with Crippen LogP contribution in [0.3, 0.4) is 0 Å². The molecule has 0 spiro atoms. The van der Waals surface area contributed by atoms with Gasteiger partial charge in [0.05, 0.1) is 0 Å². The Morgan fingerprint density at radius 2 is 1.67 bits per heavy atom. The van der Waals surface area contributed by atoms with Crippen molar-refractivity contribution in [2.24, 2.45) is 0 Å². The average molecular weight is 249 g/mol. The van der Waals surface area contributed by atoms with Gasteiger partial charge in [-0.25, -0.2) is 8.78 Å². The predicted molar refractivity (Wildman–Crippen MR) is 65.6 cm³/mol. The van der Waals surface area contributed by atoms with Crippen molar-refractivity contribution in [2.45, 2.75) is 6.54 Å². The van der Waals surface area contributed by atoms with E-state index in [4.69, 9.17) is 4.74 Å². The molecular weight excluding hydrogens is 236 g/mol. The number of benzene rings is 2. The Morgan fingerprint density at radius 3 is 2.22 bits per heavy atom. The van der Waals surface area contributed by atoms with Crippen LogP contribution in [0.5, 0.6) is 11.5 Å². The van der Waals surface area contributed by atoms with Gasteiger partial charge in [0.1, 0.15) is 5.75 Å². The lowest BCUT2D eigenvalue weighted by atomic mass is 10.2. The lowest BCUT2D eigenvalue weighted by molar-refractivity contribution is 0.406. The fraction of sp³-hybridized carbons (Fsp3) is 0.143. The van der Waals surface area contributed by atoms with Gasteiger partial charge in [-0.3, -0.25) is 0 Å². The molecule has 0 unspecified atom stereocenters. The van der Waals surface area contributed by atoms with Gasteiger partial charge < -0.3 is 10.1 Å². The predicted octanol–water partition coefficient (Wildman–Crippen LogP) is 3.48. The van der Waals surface area contributed by atoms with Crippen LogP contribution in [0.15, 0.2) is 42.5 Å². The molecule has 0 aliphatic carbocycles. The van der Waals surface area contributed by atoms with E-state index in [2.05, 4.69) is 5.32 Å². The first-order chi connectivity index (χ1) is 8.70. The van der Waals surface area contributed by atoms with Crippen LogP contribution in [-0.2, 0) is 6.54 Å². The van der Waals surface area contributed by atoms with Crippen molar-refractivity contribution in [1.29, 1.82) is 0 Å². The monoisotopic (exact) mass is 249 g/mol. The Morgan fingerprint density at radius 1 is 1.06 bits per heavy atom. The van der Waals surface area contributed by atoms with Crippen molar-refractivity contribution in [3.63, 3.8) is 0 Å². The summed E-state index contributed by atoms with van der Waals surface area (Å²) in [6.07, 6.45) is 0. The van der Waals surface area contributed by atoms with Crippen molar-refractivity contribution in [1.82, 2.24) is 5.32 Å². The second-order valence-corrected chi connectivity index (χ2v) is 3.83. The highest BCUT2D eigenvalue weighted by Crippen LogP contribution is 2.28. The van der Waals surface area contributed by atoms with Crippen LogP contribution < -0.4 is 10.1 Å². The summed E-state index contributed by atoms with van der Waals surface area (Å²) in [7, 11) is 1.71. The molecule has 2 nitrogen and oxygen atoms in total. The maximum Gasteiger partial charge on any atom is 0.198 e. The van der Waals surface area contributed by atoms with Crippen LogP contribution >= 0.6 is 0 Å². The van der Waals surface area contributed by atoms with Gasteiger partial charge >= 0.3 is 0 Å². The summed E-state index contributed by atoms with van der Waals surface area (Å²) in [5, 5.41) is 2.83. The van der Waals surface area contributed by atoms with E-state index in [9.17, 15) is 8.78 Å². The molecule has 0 aromatic heterocycles. The number of hydrogen-bond acceptors (Lipinski definition) is 2. The molecule has 0 fully saturated rings. The molecular formula is C14H13F2NO. The summed E-state index contributed by atoms with van der Waals surface area (Å²) in [5.41, 5.74) is 0.535. The van der Waals surface area contributed by atoms with Gasteiger partial charge in [0.2, 0.25) is 0 Å². The second-order valence-electron chi connectivity index (χ2n) is 3.83. The standard InChI is InChI=1S/C14H13F2NO/c1-17-9-10-7-12(15)14(13(16)8-10)18-11-5-3-2-4-6-11/h2-8,17H,9H2,1H3. The fourth-order valence-electron chi connectivity index (χ4n) is 1.62.